The first-order chi connectivity index (χ1) is 8.66. The third kappa shape index (κ3) is 3.71. The second-order valence-corrected chi connectivity index (χ2v) is 4.62. The Morgan fingerprint density at radius 3 is 1.72 bits per heavy atom. The van der Waals surface area contributed by atoms with E-state index in [4.69, 9.17) is 16.4 Å². The highest BCUT2D eigenvalue weighted by molar-refractivity contribution is 6.30. The van der Waals surface area contributed by atoms with Crippen molar-refractivity contribution in [1.29, 1.82) is 0 Å². The van der Waals surface area contributed by atoms with Crippen LogP contribution in [0.4, 0.5) is 0 Å². The van der Waals surface area contributed by atoms with Crippen LogP contribution < -0.4 is 0 Å². The zero-order valence-electron chi connectivity index (χ0n) is 10.7. The topological polar surface area (TPSA) is 17.1 Å². The summed E-state index contributed by atoms with van der Waals surface area (Å²) in [4.78, 5) is 8.00. The summed E-state index contributed by atoms with van der Waals surface area (Å²) in [7, 11) is 0. The molecule has 0 aliphatic heterocycles. The molecular formula is C16H17ClO. The average Bonchev–Trinajstić information content (AvgIpc) is 2.42. The molecule has 0 saturated heterocycles. The van der Waals surface area contributed by atoms with Gasteiger partial charge in [-0.15, -0.1) is 0 Å². The highest BCUT2D eigenvalue weighted by atomic mass is 35.5. The van der Waals surface area contributed by atoms with E-state index in [1.807, 2.05) is 18.9 Å². The number of aryl methyl sites for hydroxylation is 1. The van der Waals surface area contributed by atoms with Crippen molar-refractivity contribution in [3.63, 3.8) is 0 Å². The fourth-order valence-corrected chi connectivity index (χ4v) is 1.93. The van der Waals surface area contributed by atoms with Crippen LogP contribution in [0.15, 0.2) is 48.5 Å². The minimum absolute atomic E-state index is 0.415. The average molecular weight is 261 g/mol. The van der Waals surface area contributed by atoms with Gasteiger partial charge in [-0.1, -0.05) is 60.5 Å². The second-order valence-electron chi connectivity index (χ2n) is 4.18. The predicted molar refractivity (Wildman–Crippen MR) is 77.3 cm³/mol. The van der Waals surface area contributed by atoms with E-state index in [1.54, 1.807) is 0 Å². The van der Waals surface area contributed by atoms with Crippen LogP contribution in [-0.2, 0) is 4.79 Å². The van der Waals surface area contributed by atoms with Gasteiger partial charge in [-0.05, 0) is 30.2 Å². The van der Waals surface area contributed by atoms with Gasteiger partial charge < -0.3 is 4.79 Å². The van der Waals surface area contributed by atoms with Crippen LogP contribution in [0, 0.1) is 6.92 Å². The molecule has 0 fully saturated rings. The highest BCUT2D eigenvalue weighted by Crippen LogP contribution is 2.25. The van der Waals surface area contributed by atoms with Crippen LogP contribution in [0.5, 0.6) is 0 Å². The van der Waals surface area contributed by atoms with Crippen LogP contribution in [0.2, 0.25) is 5.02 Å². The summed E-state index contributed by atoms with van der Waals surface area (Å²) in [6.07, 6.45) is 0. The molecule has 2 rings (SSSR count). The van der Waals surface area contributed by atoms with E-state index in [9.17, 15) is 0 Å². The Hall–Kier alpha value is -1.60. The Morgan fingerprint density at radius 1 is 0.889 bits per heavy atom. The number of carbonyl (C=O) groups excluding carboxylic acids is 1. The lowest BCUT2D eigenvalue weighted by molar-refractivity contribution is -0.0979. The molecule has 2 aromatic rings. The predicted octanol–water partition coefficient (Wildman–Crippen LogP) is 4.62. The molecule has 0 spiro atoms. The van der Waals surface area contributed by atoms with Crippen molar-refractivity contribution < 1.29 is 4.79 Å². The maximum Gasteiger partial charge on any atom is 0.106 e. The number of hydrogen-bond acceptors (Lipinski definition) is 1. The van der Waals surface area contributed by atoms with Crippen molar-refractivity contribution in [2.75, 3.05) is 0 Å². The summed E-state index contributed by atoms with van der Waals surface area (Å²) in [5.74, 6) is 0.415. The molecule has 0 N–H and O–H groups in total. The van der Waals surface area contributed by atoms with Gasteiger partial charge in [0.2, 0.25) is 0 Å². The standard InChI is InChI=1S/C15H15Cl.CH2O/c1-11-3-5-13(6-4-11)12(2)14-7-9-15(16)10-8-14;1-2/h3-10,12H,1-2H3;1H2. The van der Waals surface area contributed by atoms with E-state index >= 15 is 0 Å². The van der Waals surface area contributed by atoms with Gasteiger partial charge in [0.15, 0.2) is 0 Å². The first-order valence-corrected chi connectivity index (χ1v) is 6.15. The van der Waals surface area contributed by atoms with Gasteiger partial charge >= 0.3 is 0 Å². The Bertz CT molecular complexity index is 428. The molecule has 2 aromatic carbocycles. The molecule has 0 saturated carbocycles. The quantitative estimate of drug-likeness (QED) is 0.770. The molecule has 0 aromatic heterocycles. The van der Waals surface area contributed by atoms with Crippen molar-refractivity contribution in [3.8, 4) is 0 Å². The molecule has 0 aliphatic rings. The summed E-state index contributed by atoms with van der Waals surface area (Å²) in [5.41, 5.74) is 3.94. The molecule has 0 heterocycles. The van der Waals surface area contributed by atoms with Crippen LogP contribution in [-0.4, -0.2) is 6.79 Å². The third-order valence-electron chi connectivity index (χ3n) is 2.95. The van der Waals surface area contributed by atoms with Gasteiger partial charge in [-0.2, -0.15) is 0 Å². The summed E-state index contributed by atoms with van der Waals surface area (Å²) >= 11 is 5.88. The monoisotopic (exact) mass is 260 g/mol. The van der Waals surface area contributed by atoms with Gasteiger partial charge in [0.05, 0.1) is 0 Å². The Kier molecular flexibility index (Phi) is 5.60. The normalized spacial score (nSPS) is 11.3. The molecule has 94 valence electrons. The third-order valence-corrected chi connectivity index (χ3v) is 3.20. The van der Waals surface area contributed by atoms with E-state index in [0.717, 1.165) is 5.02 Å². The number of halogens is 1. The van der Waals surface area contributed by atoms with Crippen molar-refractivity contribution in [1.82, 2.24) is 0 Å². The summed E-state index contributed by atoms with van der Waals surface area (Å²) in [5, 5.41) is 0.792. The fraction of sp³-hybridized carbons (Fsp3) is 0.188. The molecular weight excluding hydrogens is 244 g/mol. The maximum absolute atomic E-state index is 8.00. The summed E-state index contributed by atoms with van der Waals surface area (Å²) < 4.78 is 0. The molecule has 0 aliphatic carbocycles. The van der Waals surface area contributed by atoms with E-state index < -0.39 is 0 Å². The first-order valence-electron chi connectivity index (χ1n) is 5.78. The molecule has 18 heavy (non-hydrogen) atoms. The van der Waals surface area contributed by atoms with Crippen LogP contribution >= 0.6 is 11.6 Å². The largest absolute Gasteiger partial charge is 0.307 e. The zero-order valence-corrected chi connectivity index (χ0v) is 11.4. The van der Waals surface area contributed by atoms with E-state index in [1.165, 1.54) is 16.7 Å². The fourth-order valence-electron chi connectivity index (χ4n) is 1.80. The molecule has 1 atom stereocenters. The number of hydrogen-bond donors (Lipinski definition) is 0. The molecule has 0 amide bonds. The van der Waals surface area contributed by atoms with Gasteiger partial charge in [0.1, 0.15) is 6.79 Å². The van der Waals surface area contributed by atoms with Crippen LogP contribution in [0.3, 0.4) is 0 Å². The number of benzene rings is 2. The zero-order chi connectivity index (χ0) is 13.5. The Morgan fingerprint density at radius 2 is 1.28 bits per heavy atom. The smallest absolute Gasteiger partial charge is 0.106 e. The van der Waals surface area contributed by atoms with Gasteiger partial charge in [0.25, 0.3) is 0 Å². The molecule has 0 bridgehead atoms. The first kappa shape index (κ1) is 14.5. The second kappa shape index (κ2) is 6.97. The minimum atomic E-state index is 0.415. The van der Waals surface area contributed by atoms with Crippen LogP contribution in [0.1, 0.15) is 29.5 Å². The maximum atomic E-state index is 8.00. The number of rotatable bonds is 2. The van der Waals surface area contributed by atoms with Crippen LogP contribution in [0.25, 0.3) is 0 Å². The van der Waals surface area contributed by atoms with Crippen molar-refractivity contribution in [3.05, 3.63) is 70.2 Å². The lowest BCUT2D eigenvalue weighted by atomic mass is 9.93. The van der Waals surface area contributed by atoms with E-state index in [2.05, 4.69) is 50.2 Å². The van der Waals surface area contributed by atoms with Crippen molar-refractivity contribution >= 4 is 18.4 Å². The molecule has 1 unspecified atom stereocenters. The molecule has 1 nitrogen and oxygen atoms in total. The number of carbonyl (C=O) groups is 1. The lowest BCUT2D eigenvalue weighted by Crippen LogP contribution is -1.95. The lowest BCUT2D eigenvalue weighted by Gasteiger charge is -2.12. The van der Waals surface area contributed by atoms with Gasteiger partial charge in [0, 0.05) is 10.9 Å². The van der Waals surface area contributed by atoms with Gasteiger partial charge in [-0.25, -0.2) is 0 Å². The minimum Gasteiger partial charge on any atom is -0.307 e. The summed E-state index contributed by atoms with van der Waals surface area (Å²) in [6.45, 7) is 6.32. The Balaban J connectivity index is 0.000000771. The molecule has 0 radical (unpaired) electrons. The highest BCUT2D eigenvalue weighted by Gasteiger charge is 2.07. The molecule has 2 heteroatoms. The van der Waals surface area contributed by atoms with E-state index in [-0.39, 0.29) is 0 Å². The SMILES string of the molecule is C=O.Cc1ccc(C(C)c2ccc(Cl)cc2)cc1. The van der Waals surface area contributed by atoms with Crippen molar-refractivity contribution in [2.45, 2.75) is 19.8 Å². The Labute approximate surface area is 113 Å². The van der Waals surface area contributed by atoms with Crippen molar-refractivity contribution in [2.24, 2.45) is 0 Å². The summed E-state index contributed by atoms with van der Waals surface area (Å²) in [6, 6.07) is 16.8. The van der Waals surface area contributed by atoms with E-state index in [0.29, 0.717) is 5.92 Å². The van der Waals surface area contributed by atoms with Gasteiger partial charge in [-0.3, -0.25) is 0 Å².